The molecule has 0 aliphatic rings. The third kappa shape index (κ3) is 8.50. The van der Waals surface area contributed by atoms with Crippen LogP contribution in [0.15, 0.2) is 36.4 Å². The molecule has 0 aromatic heterocycles. The number of nitrogens with two attached hydrogens (primary N) is 2. The molecular weight excluding hydrogens is 380 g/mol. The van der Waals surface area contributed by atoms with Crippen LogP contribution in [0.5, 0.6) is 23.0 Å². The fraction of sp³-hybridized carbons (Fsp3) is 0.300. The molecule has 0 fully saturated rings. The van der Waals surface area contributed by atoms with Crippen LogP contribution in [-0.4, -0.2) is 49.3 Å². The summed E-state index contributed by atoms with van der Waals surface area (Å²) in [4.78, 5) is 21.8. The van der Waals surface area contributed by atoms with Crippen LogP contribution in [0.4, 0.5) is 0 Å². The lowest BCUT2D eigenvalue weighted by Crippen LogP contribution is -2.32. The quantitative estimate of drug-likeness (QED) is 0.342. The van der Waals surface area contributed by atoms with Gasteiger partial charge in [-0.1, -0.05) is 19.6 Å². The maximum Gasteiger partial charge on any atom is 0.320 e. The summed E-state index contributed by atoms with van der Waals surface area (Å²) in [6.07, 6.45) is -4.05. The van der Waals surface area contributed by atoms with Gasteiger partial charge in [0.2, 0.25) is 0 Å². The van der Waals surface area contributed by atoms with E-state index in [1.54, 1.807) is 0 Å². The number of carboxylic acid groups (broad SMARTS) is 1. The zero-order valence-corrected chi connectivity index (χ0v) is 14.7. The molecule has 0 saturated heterocycles. The summed E-state index contributed by atoms with van der Waals surface area (Å²) in [5.41, 5.74) is 10.4. The Morgan fingerprint density at radius 1 is 0.931 bits per heavy atom. The summed E-state index contributed by atoms with van der Waals surface area (Å²) < 4.78 is 37.6. The molecule has 0 heterocycles. The summed E-state index contributed by atoms with van der Waals surface area (Å²) in [6.45, 7) is 1.13. The number of carbonyl (C=O) groups is 2. The predicted octanol–water partition coefficient (Wildman–Crippen LogP) is 1.24. The van der Waals surface area contributed by atoms with E-state index in [9.17, 15) is 19.8 Å². The third-order valence-corrected chi connectivity index (χ3v) is 3.21. The summed E-state index contributed by atoms with van der Waals surface area (Å²) >= 11 is 0. The molecule has 0 bridgehead atoms. The van der Waals surface area contributed by atoms with Gasteiger partial charge in [0, 0.05) is 4.11 Å². The van der Waals surface area contributed by atoms with Crippen molar-refractivity contribution in [2.75, 3.05) is 0 Å². The Hall–Kier alpha value is -3.30. The van der Waals surface area contributed by atoms with E-state index in [2.05, 4.69) is 0 Å². The van der Waals surface area contributed by atoms with Gasteiger partial charge in [-0.3, -0.25) is 9.59 Å². The minimum absolute atomic E-state index is 0. The molecule has 0 spiro atoms. The van der Waals surface area contributed by atoms with E-state index >= 15 is 0 Å². The molecular formula is C20H28N2O7. The van der Waals surface area contributed by atoms with Crippen LogP contribution in [0.3, 0.4) is 0 Å². The van der Waals surface area contributed by atoms with Crippen molar-refractivity contribution in [1.82, 2.24) is 0 Å². The number of aromatic hydroxyl groups is 4. The van der Waals surface area contributed by atoms with Gasteiger partial charge in [0.25, 0.3) is 0 Å². The highest BCUT2D eigenvalue weighted by Crippen LogP contribution is 2.26. The summed E-state index contributed by atoms with van der Waals surface area (Å²) in [5, 5.41) is 45.3. The Kier molecular flexibility index (Phi) is 7.06. The second-order valence-corrected chi connectivity index (χ2v) is 5.45. The first-order valence-electron chi connectivity index (χ1n) is 10.2. The normalized spacial score (nSPS) is 18.2. The van der Waals surface area contributed by atoms with Crippen molar-refractivity contribution in [3.8, 4) is 23.0 Å². The monoisotopic (exact) mass is 413 g/mol. The zero-order chi connectivity index (χ0) is 25.9. The van der Waals surface area contributed by atoms with Gasteiger partial charge in [-0.05, 0) is 55.1 Å². The Morgan fingerprint density at radius 2 is 1.38 bits per heavy atom. The van der Waals surface area contributed by atoms with Crippen LogP contribution in [0.25, 0.3) is 0 Å². The summed E-state index contributed by atoms with van der Waals surface area (Å²) in [6, 6.07) is 1.53. The molecule has 9 heteroatoms. The third-order valence-electron chi connectivity index (χ3n) is 3.21. The van der Waals surface area contributed by atoms with E-state index in [1.165, 1.54) is 12.1 Å². The number of rotatable bonds is 6. The number of benzene rings is 2. The number of aliphatic carboxylic acids is 1. The molecule has 2 rings (SSSR count). The standard InChI is InChI=1S/C10H13NO3.C9H11NO4.CH4/c1-6(12)8(11)4-7-2-3-9(13)10(14)5-7;10-6(9(13)14)3-5-1-2-7(11)8(12)4-5;/h2-3,5,8,13-14H,4,11H2,1H3;1-2,4,6,11-12H,3,10H2,(H,13,14);1H4/t8-;6-;/m00./s1/i4D,8D;3D2,6D;/t4-,8+;m;/m10.. The predicted molar refractivity (Wildman–Crippen MR) is 108 cm³/mol. The molecule has 9 nitrogen and oxygen atoms in total. The smallest absolute Gasteiger partial charge is 0.320 e. The Bertz CT molecular complexity index is 1050. The number of carbonyl (C=O) groups excluding carboxylic acids is 1. The molecule has 3 atom stereocenters. The number of phenolic OH excluding ortho intramolecular Hbond substituents is 4. The van der Waals surface area contributed by atoms with Gasteiger partial charge in [-0.15, -0.1) is 0 Å². The van der Waals surface area contributed by atoms with Crippen LogP contribution in [0.2, 0.25) is 0 Å². The minimum Gasteiger partial charge on any atom is -0.504 e. The van der Waals surface area contributed by atoms with Crippen LogP contribution in [-0.2, 0) is 22.4 Å². The van der Waals surface area contributed by atoms with Gasteiger partial charge in [0.05, 0.1) is 8.76 Å². The Balaban J connectivity index is 0.000000623. The van der Waals surface area contributed by atoms with E-state index in [0.29, 0.717) is 0 Å². The molecule has 2 aromatic carbocycles. The fourth-order valence-electron chi connectivity index (χ4n) is 1.72. The van der Waals surface area contributed by atoms with Crippen molar-refractivity contribution in [2.45, 2.75) is 39.2 Å². The van der Waals surface area contributed by atoms with Crippen LogP contribution < -0.4 is 11.5 Å². The van der Waals surface area contributed by atoms with Crippen molar-refractivity contribution in [3.05, 3.63) is 47.5 Å². The largest absolute Gasteiger partial charge is 0.504 e. The van der Waals surface area contributed by atoms with Crippen molar-refractivity contribution < 1.29 is 42.0 Å². The highest BCUT2D eigenvalue weighted by molar-refractivity contribution is 5.81. The molecule has 29 heavy (non-hydrogen) atoms. The molecule has 0 aliphatic carbocycles. The second-order valence-electron chi connectivity index (χ2n) is 5.45. The molecule has 0 aliphatic heterocycles. The van der Waals surface area contributed by atoms with Gasteiger partial charge < -0.3 is 37.0 Å². The first kappa shape index (κ1) is 17.8. The van der Waals surface area contributed by atoms with Crippen molar-refractivity contribution >= 4 is 11.8 Å². The maximum absolute atomic E-state index is 11.1. The van der Waals surface area contributed by atoms with E-state index < -0.39 is 53.8 Å². The molecule has 2 aromatic rings. The lowest BCUT2D eigenvalue weighted by molar-refractivity contribution is -0.138. The maximum atomic E-state index is 11.1. The number of ketones is 1. The Labute approximate surface area is 175 Å². The molecule has 0 unspecified atom stereocenters. The van der Waals surface area contributed by atoms with Crippen LogP contribution in [0.1, 0.15) is 32.3 Å². The Morgan fingerprint density at radius 3 is 1.79 bits per heavy atom. The van der Waals surface area contributed by atoms with Crippen molar-refractivity contribution in [3.63, 3.8) is 0 Å². The summed E-state index contributed by atoms with van der Waals surface area (Å²) in [5.74, 6) is -4.31. The molecule has 0 amide bonds. The number of hydrogen-bond donors (Lipinski definition) is 7. The number of Topliss-reactive ketones (excluding diaryl/α,β-unsaturated/α-hetero) is 1. The minimum atomic E-state index is -2.91. The van der Waals surface area contributed by atoms with E-state index in [4.69, 9.17) is 33.6 Å². The van der Waals surface area contributed by atoms with Gasteiger partial charge in [-0.2, -0.15) is 0 Å². The number of hydrogen-bond acceptors (Lipinski definition) is 8. The average molecular weight is 413 g/mol. The van der Waals surface area contributed by atoms with E-state index in [1.807, 2.05) is 0 Å². The van der Waals surface area contributed by atoms with Gasteiger partial charge >= 0.3 is 5.97 Å². The van der Waals surface area contributed by atoms with E-state index in [-0.39, 0.29) is 24.3 Å². The average Bonchev–Trinajstić information content (AvgIpc) is 2.71. The molecule has 160 valence electrons. The lowest BCUT2D eigenvalue weighted by Gasteiger charge is -2.08. The van der Waals surface area contributed by atoms with E-state index in [0.717, 1.165) is 31.2 Å². The highest BCUT2D eigenvalue weighted by atomic mass is 16.4. The lowest BCUT2D eigenvalue weighted by atomic mass is 10.0. The fourth-order valence-corrected chi connectivity index (χ4v) is 1.72. The van der Waals surface area contributed by atoms with Crippen molar-refractivity contribution in [1.29, 1.82) is 0 Å². The van der Waals surface area contributed by atoms with Crippen LogP contribution in [0, 0.1) is 0 Å². The van der Waals surface area contributed by atoms with Gasteiger partial charge in [-0.25, -0.2) is 0 Å². The molecule has 9 N–H and O–H groups in total. The van der Waals surface area contributed by atoms with Crippen molar-refractivity contribution in [2.24, 2.45) is 11.5 Å². The molecule has 0 radical (unpaired) electrons. The first-order valence-corrected chi connectivity index (χ1v) is 7.66. The first-order chi connectivity index (χ1) is 14.9. The van der Waals surface area contributed by atoms with Gasteiger partial charge in [0.1, 0.15) is 11.8 Å². The highest BCUT2D eigenvalue weighted by Gasteiger charge is 2.13. The SMILES string of the molecule is C.[2H]C([2H])(c1ccc(O)c(O)c1)[C@]([2H])(N)C(=O)O.[2H][C@H](c1ccc(O)c(O)c1)[C@]([2H])(N)C(C)=O. The second kappa shape index (κ2) is 11.5. The van der Waals surface area contributed by atoms with Crippen LogP contribution >= 0.6 is 0 Å². The topological polar surface area (TPSA) is 187 Å². The number of carboxylic acids is 1. The molecule has 0 saturated carbocycles. The zero-order valence-electron chi connectivity index (χ0n) is 19.7. The van der Waals surface area contributed by atoms with Gasteiger partial charge in [0.15, 0.2) is 23.0 Å². The summed E-state index contributed by atoms with van der Waals surface area (Å²) in [7, 11) is 0. The number of phenols is 4.